The van der Waals surface area contributed by atoms with E-state index in [9.17, 15) is 33.9 Å². The van der Waals surface area contributed by atoms with Crippen LogP contribution in [0, 0.1) is 0 Å². The number of benzene rings is 4. The van der Waals surface area contributed by atoms with Crippen LogP contribution in [0.1, 0.15) is 46.0 Å². The van der Waals surface area contributed by atoms with Gasteiger partial charge in [-0.05, 0) is 80.4 Å². The van der Waals surface area contributed by atoms with Gasteiger partial charge in [0.25, 0.3) is 11.9 Å². The van der Waals surface area contributed by atoms with Crippen molar-refractivity contribution in [3.8, 4) is 34.0 Å². The summed E-state index contributed by atoms with van der Waals surface area (Å²) < 4.78 is 66.6. The van der Waals surface area contributed by atoms with Crippen LogP contribution in [0.3, 0.4) is 0 Å². The third-order valence-corrected chi connectivity index (χ3v) is 15.6. The van der Waals surface area contributed by atoms with Gasteiger partial charge in [-0.1, -0.05) is 54.4 Å². The van der Waals surface area contributed by atoms with Crippen molar-refractivity contribution in [3.05, 3.63) is 95.0 Å². The lowest BCUT2D eigenvalue weighted by Gasteiger charge is -2.25. The summed E-state index contributed by atoms with van der Waals surface area (Å²) >= 11 is 12.5. The summed E-state index contributed by atoms with van der Waals surface area (Å²) in [6.07, 6.45) is 2.27. The average molecular weight is 1600 g/mol. The Bertz CT molecular complexity index is 3830. The number of hydrogen-bond donors (Lipinski definition) is 9. The third kappa shape index (κ3) is 41.6. The highest BCUT2D eigenvalue weighted by Gasteiger charge is 2.20. The quantitative estimate of drug-likeness (QED) is 0.0138. The SMILES string of the molecule is CCC(=O)CN(CCN(CC(=O)O)CC(=O)NCCOCCOCCCC(=O)CCCOCCOCCOCCOc1cccc(-c2nc(N=C(N)N)nc3ccc(Cl)cc23)c1)CC(=O)O.CCOCCOCCNC(=O)NCCOCCOCCOCCOc1cccc(-c2nc(N=C(N)N)nc3ccc(Cl)cc23)c1. The summed E-state index contributed by atoms with van der Waals surface area (Å²) in [6, 6.07) is 25.3. The molecular formula is C74H105Cl2N15O20. The molecule has 0 spiro atoms. The van der Waals surface area contributed by atoms with Gasteiger partial charge in [0.1, 0.15) is 36.3 Å². The number of fused-ring (bicyclic) bond motifs is 2. The number of nitrogens with zero attached hydrogens (tertiary/aromatic N) is 8. The van der Waals surface area contributed by atoms with E-state index in [1.54, 1.807) is 43.3 Å². The van der Waals surface area contributed by atoms with E-state index in [1.807, 2.05) is 55.5 Å². The molecular weight excluding hydrogens is 1490 g/mol. The third-order valence-electron chi connectivity index (χ3n) is 15.1. The largest absolute Gasteiger partial charge is 0.491 e. The van der Waals surface area contributed by atoms with Crippen molar-refractivity contribution in [2.45, 2.75) is 46.0 Å². The molecule has 0 bridgehead atoms. The zero-order valence-corrected chi connectivity index (χ0v) is 64.4. The molecule has 6 rings (SSSR count). The number of guanidine groups is 2. The fourth-order valence-electron chi connectivity index (χ4n) is 10.0. The zero-order valence-electron chi connectivity index (χ0n) is 62.9. The van der Waals surface area contributed by atoms with Crippen LogP contribution in [0.5, 0.6) is 11.5 Å². The number of Topliss-reactive ketones (excluding diaryl/α,β-unsaturated/α-hetero) is 2. The number of carbonyl (C=O) groups is 6. The second-order valence-electron chi connectivity index (χ2n) is 24.0. The Labute approximate surface area is 654 Å². The van der Waals surface area contributed by atoms with Crippen LogP contribution in [-0.2, 0) is 71.3 Å². The van der Waals surface area contributed by atoms with E-state index in [-0.39, 0.29) is 100 Å². The number of nitrogens with one attached hydrogen (secondary N) is 3. The Balaban J connectivity index is 0.000000426. The molecule has 35 nitrogen and oxygen atoms in total. The van der Waals surface area contributed by atoms with Gasteiger partial charge in [-0.25, -0.2) is 24.7 Å². The maximum atomic E-state index is 12.4. The van der Waals surface area contributed by atoms with Crippen LogP contribution < -0.4 is 48.4 Å². The molecule has 6 aromatic rings. The van der Waals surface area contributed by atoms with E-state index in [0.717, 1.165) is 21.9 Å². The first-order valence-electron chi connectivity index (χ1n) is 36.4. The van der Waals surface area contributed by atoms with Crippen LogP contribution >= 0.6 is 23.2 Å². The van der Waals surface area contributed by atoms with E-state index in [1.165, 1.54) is 9.80 Å². The molecule has 0 saturated carbocycles. The molecule has 0 aliphatic carbocycles. The number of urea groups is 1. The number of hydrogen-bond acceptors (Lipinski definition) is 26. The van der Waals surface area contributed by atoms with Crippen molar-refractivity contribution < 1.29 is 95.8 Å². The minimum Gasteiger partial charge on any atom is -0.491 e. The van der Waals surface area contributed by atoms with Crippen LogP contribution in [0.4, 0.5) is 16.7 Å². The van der Waals surface area contributed by atoms with Crippen LogP contribution in [0.25, 0.3) is 44.3 Å². The Morgan fingerprint density at radius 1 is 0.432 bits per heavy atom. The molecule has 0 atom stereocenters. The predicted molar refractivity (Wildman–Crippen MR) is 417 cm³/mol. The molecule has 2 heterocycles. The summed E-state index contributed by atoms with van der Waals surface area (Å²) in [5.74, 6) is -1.41. The number of halogens is 2. The number of carboxylic acid groups (broad SMARTS) is 2. The number of nitrogens with two attached hydrogens (primary N) is 4. The molecule has 37 heteroatoms. The first-order chi connectivity index (χ1) is 53.8. The standard InChI is InChI=1S/C44H63ClN8O13.C30H42ClN7O7/c1-2-34(54)28-52(30-40(57)58)13-14-53(31-41(59)60)29-39(56)48-12-17-63-20-18-61-15-4-7-35(55)8-5-16-62-19-21-64-22-23-65-24-25-66-36-9-3-6-32(26-36)42-37-27-33(45)10-11-38(37)49-44(50-42)51-43(46)47;1-2-40-12-13-41-10-8-34-30(39)35-9-11-42-14-15-43-16-17-44-18-19-45-24-5-3-4-22(20-24)27-25-21-23(31)6-7-26(25)36-29(37-27)38-28(32)33/h3,6,9-11,26-27H,2,4-5,7-8,12-25,28-31H2,1H3,(H,48,56)(H,57,58)(H,59,60)(H4,46,47,49,50,51);3-7,20-21H,2,8-19H2,1H3,(H2,34,35,39)(H4,32,33,36,37,38). The number of ether oxygens (including phenoxy) is 12. The second-order valence-corrected chi connectivity index (χ2v) is 24.9. The Hall–Kier alpha value is -9.18. The van der Waals surface area contributed by atoms with Crippen molar-refractivity contribution in [2.24, 2.45) is 32.9 Å². The van der Waals surface area contributed by atoms with Crippen molar-refractivity contribution in [1.29, 1.82) is 0 Å². The summed E-state index contributed by atoms with van der Waals surface area (Å²) in [4.78, 5) is 99.2. The molecule has 0 saturated heterocycles. The van der Waals surface area contributed by atoms with Crippen LogP contribution in [0.2, 0.25) is 10.0 Å². The summed E-state index contributed by atoms with van der Waals surface area (Å²) in [6.45, 7) is 12.6. The smallest absolute Gasteiger partial charge is 0.317 e. The molecule has 111 heavy (non-hydrogen) atoms. The molecule has 610 valence electrons. The topological polar surface area (TPSA) is 477 Å². The Kier molecular flexibility index (Phi) is 46.7. The fourth-order valence-corrected chi connectivity index (χ4v) is 10.3. The molecule has 4 aromatic carbocycles. The molecule has 0 unspecified atom stereocenters. The van der Waals surface area contributed by atoms with E-state index in [2.05, 4.69) is 45.9 Å². The number of aliphatic imine (C=N–C) groups is 2. The lowest BCUT2D eigenvalue weighted by molar-refractivity contribution is -0.141. The monoisotopic (exact) mass is 1590 g/mol. The van der Waals surface area contributed by atoms with Gasteiger partial charge in [0, 0.05) is 104 Å². The molecule has 13 N–H and O–H groups in total. The number of aliphatic carboxylic acids is 2. The van der Waals surface area contributed by atoms with Crippen molar-refractivity contribution in [3.63, 3.8) is 0 Å². The average Bonchev–Trinajstić information content (AvgIpc) is 0.791. The van der Waals surface area contributed by atoms with Gasteiger partial charge in [-0.3, -0.25) is 33.8 Å². The van der Waals surface area contributed by atoms with E-state index < -0.39 is 24.4 Å². The van der Waals surface area contributed by atoms with Gasteiger partial charge in [-0.15, -0.1) is 0 Å². The first kappa shape index (κ1) is 92.4. The summed E-state index contributed by atoms with van der Waals surface area (Å²) in [5, 5.41) is 29.0. The molecule has 0 aliphatic heterocycles. The van der Waals surface area contributed by atoms with Crippen molar-refractivity contribution >= 4 is 104 Å². The minimum atomic E-state index is -1.14. The molecule has 0 radical (unpaired) electrons. The molecule has 0 fully saturated rings. The van der Waals surface area contributed by atoms with Crippen molar-refractivity contribution in [2.75, 3.05) is 204 Å². The number of carbonyl (C=O) groups excluding carboxylic acids is 4. The first-order valence-corrected chi connectivity index (χ1v) is 37.1. The summed E-state index contributed by atoms with van der Waals surface area (Å²) in [7, 11) is 0. The van der Waals surface area contributed by atoms with Crippen LogP contribution in [0.15, 0.2) is 94.9 Å². The lowest BCUT2D eigenvalue weighted by atomic mass is 10.1. The minimum absolute atomic E-state index is 0.0704. The van der Waals surface area contributed by atoms with Gasteiger partial charge in [-0.2, -0.15) is 9.98 Å². The van der Waals surface area contributed by atoms with Gasteiger partial charge >= 0.3 is 18.0 Å². The van der Waals surface area contributed by atoms with Gasteiger partial charge in [0.2, 0.25) is 5.91 Å². The molecule has 0 aliphatic rings. The van der Waals surface area contributed by atoms with Gasteiger partial charge in [0.15, 0.2) is 11.9 Å². The summed E-state index contributed by atoms with van der Waals surface area (Å²) in [5.41, 5.74) is 26.3. The maximum absolute atomic E-state index is 12.4. The Morgan fingerprint density at radius 2 is 0.811 bits per heavy atom. The number of amides is 3. The second kappa shape index (κ2) is 56.1. The van der Waals surface area contributed by atoms with Gasteiger partial charge in [0.05, 0.1) is 161 Å². The fraction of sp³-hybridized carbons (Fsp3) is 0.514. The Morgan fingerprint density at radius 3 is 1.21 bits per heavy atom. The van der Waals surface area contributed by atoms with Gasteiger partial charge < -0.3 is 106 Å². The number of rotatable bonds is 60. The normalized spacial score (nSPS) is 11.2. The highest BCUT2D eigenvalue weighted by molar-refractivity contribution is 6.32. The molecule has 3 amide bonds. The highest BCUT2D eigenvalue weighted by atomic mass is 35.5. The van der Waals surface area contributed by atoms with E-state index in [4.69, 9.17) is 108 Å². The lowest BCUT2D eigenvalue weighted by Crippen LogP contribution is -2.45. The maximum Gasteiger partial charge on any atom is 0.317 e. The van der Waals surface area contributed by atoms with Crippen LogP contribution in [-0.4, -0.2) is 292 Å². The zero-order chi connectivity index (χ0) is 80.1. The number of ketones is 2. The van der Waals surface area contributed by atoms with E-state index >= 15 is 0 Å². The predicted octanol–water partition coefficient (Wildman–Crippen LogP) is 4.95. The van der Waals surface area contributed by atoms with Crippen molar-refractivity contribution in [1.82, 2.24) is 45.7 Å². The molecule has 2 aromatic heterocycles. The number of carboxylic acids is 2. The van der Waals surface area contributed by atoms with E-state index in [0.29, 0.717) is 215 Å². The highest BCUT2D eigenvalue weighted by Crippen LogP contribution is 2.34. The number of aromatic nitrogens is 4.